The van der Waals surface area contributed by atoms with Crippen molar-refractivity contribution in [3.8, 4) is 0 Å². The van der Waals surface area contributed by atoms with Gasteiger partial charge in [-0.15, -0.1) is 0 Å². The van der Waals surface area contributed by atoms with Gasteiger partial charge in [0.2, 0.25) is 11.8 Å². The van der Waals surface area contributed by atoms with Gasteiger partial charge in [-0.3, -0.25) is 9.59 Å². The van der Waals surface area contributed by atoms with E-state index in [2.05, 4.69) is 11.9 Å². The molecule has 168 valence electrons. The summed E-state index contributed by atoms with van der Waals surface area (Å²) < 4.78 is 0. The number of anilines is 2. The van der Waals surface area contributed by atoms with E-state index >= 15 is 0 Å². The number of carbonyl (C=O) groups excluding carboxylic acids is 2. The molecule has 0 aromatic heterocycles. The maximum absolute atomic E-state index is 12.3. The van der Waals surface area contributed by atoms with E-state index in [0.29, 0.717) is 40.7 Å². The largest absolute Gasteiger partial charge is 0.376 e. The standard InChI is InChI=1S/C23H24ClN3O5/c1-3-20(28)26-12-22(13-26,17-5-4-6-18(24)14(17)2)25-16-9-7-15-8-10-21(29)27(19(15)11-16)23(30,31)32/h3-7,9,11,25,30-32H,1,8,10,12-13H2,2H3. The molecule has 4 rings (SSSR count). The maximum Gasteiger partial charge on any atom is 0.376 e. The second-order valence-corrected chi connectivity index (χ2v) is 8.60. The highest BCUT2D eigenvalue weighted by Crippen LogP contribution is 2.41. The fourth-order valence-corrected chi connectivity index (χ4v) is 4.66. The van der Waals surface area contributed by atoms with Crippen LogP contribution in [0.5, 0.6) is 0 Å². The molecule has 9 heteroatoms. The molecule has 0 aliphatic carbocycles. The number of nitrogens with zero attached hydrogens (tertiary/aromatic N) is 2. The summed E-state index contributed by atoms with van der Waals surface area (Å²) in [5, 5.41) is 33.3. The molecule has 2 amide bonds. The maximum atomic E-state index is 12.3. The first-order chi connectivity index (χ1) is 15.1. The van der Waals surface area contributed by atoms with Crippen LogP contribution in [0.2, 0.25) is 5.02 Å². The Kier molecular flexibility index (Phi) is 5.50. The quantitative estimate of drug-likeness (QED) is 0.402. The molecule has 0 radical (unpaired) electrons. The minimum absolute atomic E-state index is 0.0491. The number of aliphatic hydroxyl groups is 3. The number of hydrogen-bond acceptors (Lipinski definition) is 6. The molecule has 0 atom stereocenters. The molecule has 1 fully saturated rings. The number of amides is 2. The summed E-state index contributed by atoms with van der Waals surface area (Å²) in [6.07, 6.45) is -1.58. The summed E-state index contributed by atoms with van der Waals surface area (Å²) in [5.41, 5.74) is 2.63. The molecule has 2 aliphatic rings. The van der Waals surface area contributed by atoms with Gasteiger partial charge in [-0.25, -0.2) is 4.90 Å². The van der Waals surface area contributed by atoms with E-state index in [1.807, 2.05) is 25.1 Å². The highest BCUT2D eigenvalue weighted by Gasteiger charge is 2.47. The molecule has 1 saturated heterocycles. The number of carbonyl (C=O) groups is 2. The topological polar surface area (TPSA) is 113 Å². The number of rotatable bonds is 5. The number of likely N-dealkylation sites (tertiary alicyclic amines) is 1. The Morgan fingerprint density at radius 1 is 1.22 bits per heavy atom. The minimum Gasteiger partial charge on any atom is -0.372 e. The van der Waals surface area contributed by atoms with Crippen LogP contribution in [0.4, 0.5) is 11.4 Å². The Hall–Kier alpha value is -2.91. The van der Waals surface area contributed by atoms with Crippen LogP contribution in [0.1, 0.15) is 23.1 Å². The van der Waals surface area contributed by atoms with Crippen molar-refractivity contribution >= 4 is 34.8 Å². The van der Waals surface area contributed by atoms with Gasteiger partial charge in [0.05, 0.1) is 24.3 Å². The molecule has 2 heterocycles. The number of benzene rings is 2. The van der Waals surface area contributed by atoms with E-state index in [9.17, 15) is 24.9 Å². The molecule has 32 heavy (non-hydrogen) atoms. The number of halogens is 1. The molecular weight excluding hydrogens is 434 g/mol. The first-order valence-corrected chi connectivity index (χ1v) is 10.5. The van der Waals surface area contributed by atoms with Gasteiger partial charge in [-0.05, 0) is 54.3 Å². The van der Waals surface area contributed by atoms with Crippen molar-refractivity contribution in [3.05, 3.63) is 70.8 Å². The summed E-state index contributed by atoms with van der Waals surface area (Å²) in [7, 11) is 0. The SMILES string of the molecule is C=CC(=O)N1CC(Nc2ccc3c(c2)N(C(O)(O)O)C(=O)CC3)(c2cccc(Cl)c2C)C1. The minimum atomic E-state index is -3.31. The second kappa shape index (κ2) is 7.90. The zero-order valence-electron chi connectivity index (χ0n) is 17.5. The fourth-order valence-electron chi connectivity index (χ4n) is 4.49. The molecule has 0 spiro atoms. The summed E-state index contributed by atoms with van der Waals surface area (Å²) in [4.78, 5) is 26.6. The van der Waals surface area contributed by atoms with E-state index in [-0.39, 0.29) is 18.0 Å². The second-order valence-electron chi connectivity index (χ2n) is 8.19. The Morgan fingerprint density at radius 2 is 1.94 bits per heavy atom. The van der Waals surface area contributed by atoms with Crippen LogP contribution in [0.3, 0.4) is 0 Å². The van der Waals surface area contributed by atoms with Crippen molar-refractivity contribution in [1.29, 1.82) is 0 Å². The molecule has 4 N–H and O–H groups in total. The van der Waals surface area contributed by atoms with Crippen molar-refractivity contribution in [3.63, 3.8) is 0 Å². The van der Waals surface area contributed by atoms with Gasteiger partial charge in [0.1, 0.15) is 0 Å². The number of fused-ring (bicyclic) bond motifs is 1. The predicted molar refractivity (Wildman–Crippen MR) is 120 cm³/mol. The summed E-state index contributed by atoms with van der Waals surface area (Å²) in [6.45, 7) is 6.18. The third-order valence-corrected chi connectivity index (χ3v) is 6.47. The fraction of sp³-hybridized carbons (Fsp3) is 0.304. The Morgan fingerprint density at radius 3 is 2.59 bits per heavy atom. The van der Waals surface area contributed by atoms with Crippen LogP contribution in [0.15, 0.2) is 49.1 Å². The van der Waals surface area contributed by atoms with E-state index < -0.39 is 17.5 Å². The first kappa shape index (κ1) is 22.3. The molecule has 0 unspecified atom stereocenters. The van der Waals surface area contributed by atoms with Gasteiger partial charge in [-0.1, -0.05) is 36.4 Å². The summed E-state index contributed by atoms with van der Waals surface area (Å²) >= 11 is 6.36. The Bertz CT molecular complexity index is 1110. The third kappa shape index (κ3) is 3.75. The molecule has 2 aliphatic heterocycles. The molecule has 2 aromatic rings. The summed E-state index contributed by atoms with van der Waals surface area (Å²) in [5.74, 6) is -0.788. The molecule has 8 nitrogen and oxygen atoms in total. The number of nitrogens with one attached hydrogen (secondary N) is 1. The van der Waals surface area contributed by atoms with Crippen molar-refractivity contribution in [2.24, 2.45) is 0 Å². The van der Waals surface area contributed by atoms with Crippen molar-refractivity contribution in [2.75, 3.05) is 23.3 Å². The lowest BCUT2D eigenvalue weighted by Crippen LogP contribution is -2.65. The van der Waals surface area contributed by atoms with Crippen LogP contribution in [0.25, 0.3) is 0 Å². The summed E-state index contributed by atoms with van der Waals surface area (Å²) in [6, 6.07) is 10.8. The molecule has 0 saturated carbocycles. The van der Waals surface area contributed by atoms with Crippen LogP contribution >= 0.6 is 11.6 Å². The van der Waals surface area contributed by atoms with Crippen LogP contribution in [-0.4, -0.2) is 51.2 Å². The van der Waals surface area contributed by atoms with Crippen LogP contribution in [-0.2, 0) is 21.5 Å². The van der Waals surface area contributed by atoms with E-state index in [1.165, 1.54) is 6.08 Å². The average molecular weight is 458 g/mol. The van der Waals surface area contributed by atoms with Crippen molar-refractivity contribution in [1.82, 2.24) is 4.90 Å². The third-order valence-electron chi connectivity index (χ3n) is 6.06. The van der Waals surface area contributed by atoms with E-state index in [1.54, 1.807) is 23.1 Å². The van der Waals surface area contributed by atoms with Crippen LogP contribution < -0.4 is 10.2 Å². The van der Waals surface area contributed by atoms with Gasteiger partial charge in [0.25, 0.3) is 0 Å². The highest BCUT2D eigenvalue weighted by molar-refractivity contribution is 6.31. The van der Waals surface area contributed by atoms with E-state index in [0.717, 1.165) is 11.1 Å². The smallest absolute Gasteiger partial charge is 0.372 e. The predicted octanol–water partition coefficient (Wildman–Crippen LogP) is 1.85. The lowest BCUT2D eigenvalue weighted by molar-refractivity contribution is -0.306. The van der Waals surface area contributed by atoms with Gasteiger partial charge in [-0.2, -0.15) is 0 Å². The number of aryl methyl sites for hydroxylation is 1. The lowest BCUT2D eigenvalue weighted by Gasteiger charge is -2.51. The Balaban J connectivity index is 1.74. The zero-order valence-corrected chi connectivity index (χ0v) is 18.3. The Labute approximate surface area is 190 Å². The normalized spacial score (nSPS) is 17.5. The van der Waals surface area contributed by atoms with Gasteiger partial charge in [0.15, 0.2) is 0 Å². The van der Waals surface area contributed by atoms with Crippen molar-refractivity contribution < 1.29 is 24.9 Å². The van der Waals surface area contributed by atoms with E-state index in [4.69, 9.17) is 11.6 Å². The van der Waals surface area contributed by atoms with Crippen LogP contribution in [0, 0.1) is 6.92 Å². The molecule has 0 bridgehead atoms. The van der Waals surface area contributed by atoms with Crippen molar-refractivity contribution in [2.45, 2.75) is 31.4 Å². The number of hydrogen-bond donors (Lipinski definition) is 4. The molecule has 2 aromatic carbocycles. The van der Waals surface area contributed by atoms with Gasteiger partial charge in [0, 0.05) is 17.1 Å². The lowest BCUT2D eigenvalue weighted by atomic mass is 9.79. The van der Waals surface area contributed by atoms with Gasteiger partial charge >= 0.3 is 6.10 Å². The first-order valence-electron chi connectivity index (χ1n) is 10.1. The average Bonchev–Trinajstić information content (AvgIpc) is 2.70. The molecular formula is C23H24ClN3O5. The highest BCUT2D eigenvalue weighted by atomic mass is 35.5. The monoisotopic (exact) mass is 457 g/mol. The zero-order chi connectivity index (χ0) is 23.3. The van der Waals surface area contributed by atoms with Gasteiger partial charge < -0.3 is 25.5 Å².